The number of hydrogen-bond donors (Lipinski definition) is 2. The second-order valence-corrected chi connectivity index (χ2v) is 4.77. The molecule has 0 aliphatic carbocycles. The maximum absolute atomic E-state index is 12.0. The summed E-state index contributed by atoms with van der Waals surface area (Å²) in [6, 6.07) is 0.262. The van der Waals surface area contributed by atoms with Gasteiger partial charge in [0.15, 0.2) is 0 Å². The highest BCUT2D eigenvalue weighted by Crippen LogP contribution is 2.06. The summed E-state index contributed by atoms with van der Waals surface area (Å²) in [4.78, 5) is 12.0. The molecule has 96 valence electrons. The Bertz CT molecular complexity index is 192. The maximum atomic E-state index is 12.0. The summed E-state index contributed by atoms with van der Waals surface area (Å²) in [7, 11) is 1.84. The number of carbonyl (C=O) groups is 1. The van der Waals surface area contributed by atoms with E-state index in [0.717, 1.165) is 12.8 Å². The van der Waals surface area contributed by atoms with Crippen LogP contribution < -0.4 is 10.6 Å². The van der Waals surface area contributed by atoms with E-state index in [2.05, 4.69) is 38.3 Å². The van der Waals surface area contributed by atoms with Crippen molar-refractivity contribution in [3.8, 4) is 0 Å². The minimum absolute atomic E-state index is 0.0734. The molecule has 0 rings (SSSR count). The molecule has 2 unspecified atom stereocenters. The first-order valence-electron chi connectivity index (χ1n) is 6.54. The fourth-order valence-corrected chi connectivity index (χ4v) is 1.89. The third kappa shape index (κ3) is 5.50. The van der Waals surface area contributed by atoms with Gasteiger partial charge in [-0.15, -0.1) is 0 Å². The first kappa shape index (κ1) is 15.4. The smallest absolute Gasteiger partial charge is 0.237 e. The number of amides is 1. The molecule has 0 heterocycles. The SMILES string of the molecule is CCCCC(CC)NC(=O)C(NC)C(C)C. The van der Waals surface area contributed by atoms with Crippen molar-refractivity contribution >= 4 is 5.91 Å². The molecule has 0 spiro atoms. The molecule has 0 fully saturated rings. The highest BCUT2D eigenvalue weighted by atomic mass is 16.2. The van der Waals surface area contributed by atoms with Crippen molar-refractivity contribution in [2.45, 2.75) is 65.5 Å². The number of unbranched alkanes of at least 4 members (excludes halogenated alkanes) is 1. The lowest BCUT2D eigenvalue weighted by Crippen LogP contribution is -2.49. The lowest BCUT2D eigenvalue weighted by molar-refractivity contribution is -0.124. The first-order chi connectivity index (χ1) is 7.56. The summed E-state index contributed by atoms with van der Waals surface area (Å²) in [5, 5.41) is 6.21. The van der Waals surface area contributed by atoms with Gasteiger partial charge in [-0.05, 0) is 25.8 Å². The van der Waals surface area contributed by atoms with Gasteiger partial charge in [-0.25, -0.2) is 0 Å². The van der Waals surface area contributed by atoms with Gasteiger partial charge in [0.25, 0.3) is 0 Å². The largest absolute Gasteiger partial charge is 0.352 e. The van der Waals surface area contributed by atoms with Crippen molar-refractivity contribution in [2.75, 3.05) is 7.05 Å². The van der Waals surface area contributed by atoms with Crippen LogP contribution in [-0.2, 0) is 4.79 Å². The average Bonchev–Trinajstić information content (AvgIpc) is 2.24. The van der Waals surface area contributed by atoms with Gasteiger partial charge >= 0.3 is 0 Å². The summed E-state index contributed by atoms with van der Waals surface area (Å²) in [5.74, 6) is 0.467. The second-order valence-electron chi connectivity index (χ2n) is 4.77. The third-order valence-corrected chi connectivity index (χ3v) is 3.01. The maximum Gasteiger partial charge on any atom is 0.237 e. The van der Waals surface area contributed by atoms with Gasteiger partial charge in [0, 0.05) is 6.04 Å². The van der Waals surface area contributed by atoms with Crippen LogP contribution >= 0.6 is 0 Å². The third-order valence-electron chi connectivity index (χ3n) is 3.01. The molecule has 16 heavy (non-hydrogen) atoms. The van der Waals surface area contributed by atoms with Gasteiger partial charge in [0.05, 0.1) is 6.04 Å². The molecule has 0 aromatic carbocycles. The molecule has 0 aliphatic heterocycles. The van der Waals surface area contributed by atoms with Crippen LogP contribution in [0.4, 0.5) is 0 Å². The van der Waals surface area contributed by atoms with Gasteiger partial charge in [-0.3, -0.25) is 4.79 Å². The van der Waals surface area contributed by atoms with Crippen molar-refractivity contribution in [1.29, 1.82) is 0 Å². The molecule has 0 aromatic heterocycles. The Hall–Kier alpha value is -0.570. The molecule has 2 atom stereocenters. The summed E-state index contributed by atoms with van der Waals surface area (Å²) < 4.78 is 0. The van der Waals surface area contributed by atoms with Crippen LogP contribution in [0.5, 0.6) is 0 Å². The molecule has 0 saturated carbocycles. The Morgan fingerprint density at radius 2 is 1.88 bits per heavy atom. The van der Waals surface area contributed by atoms with Crippen LogP contribution in [0.25, 0.3) is 0 Å². The summed E-state index contributed by atoms with van der Waals surface area (Å²) in [6.07, 6.45) is 4.48. The van der Waals surface area contributed by atoms with Crippen LogP contribution in [0.15, 0.2) is 0 Å². The summed E-state index contributed by atoms with van der Waals surface area (Å²) in [5.41, 5.74) is 0. The molecule has 0 aliphatic rings. The Labute approximate surface area is 100 Å². The van der Waals surface area contributed by atoms with E-state index in [9.17, 15) is 4.79 Å². The van der Waals surface area contributed by atoms with Crippen molar-refractivity contribution in [3.63, 3.8) is 0 Å². The Morgan fingerprint density at radius 3 is 2.25 bits per heavy atom. The van der Waals surface area contributed by atoms with Crippen LogP contribution in [-0.4, -0.2) is 25.0 Å². The van der Waals surface area contributed by atoms with E-state index in [4.69, 9.17) is 0 Å². The molecule has 0 aromatic rings. The van der Waals surface area contributed by atoms with Gasteiger partial charge in [0.1, 0.15) is 0 Å². The van der Waals surface area contributed by atoms with E-state index in [0.29, 0.717) is 12.0 Å². The van der Waals surface area contributed by atoms with E-state index < -0.39 is 0 Å². The zero-order valence-electron chi connectivity index (χ0n) is 11.5. The summed E-state index contributed by atoms with van der Waals surface area (Å²) >= 11 is 0. The quantitative estimate of drug-likeness (QED) is 0.669. The predicted molar refractivity (Wildman–Crippen MR) is 69.4 cm³/mol. The van der Waals surface area contributed by atoms with Crippen LogP contribution in [0.3, 0.4) is 0 Å². The molecule has 0 radical (unpaired) electrons. The van der Waals surface area contributed by atoms with Crippen molar-refractivity contribution < 1.29 is 4.79 Å². The molecule has 2 N–H and O–H groups in total. The van der Waals surface area contributed by atoms with Crippen LogP contribution in [0.1, 0.15) is 53.4 Å². The zero-order chi connectivity index (χ0) is 12.6. The Balaban J connectivity index is 4.16. The lowest BCUT2D eigenvalue weighted by Gasteiger charge is -2.23. The van der Waals surface area contributed by atoms with E-state index in [1.807, 2.05) is 7.05 Å². The molecule has 3 heteroatoms. The van der Waals surface area contributed by atoms with Gasteiger partial charge in [0.2, 0.25) is 5.91 Å². The zero-order valence-corrected chi connectivity index (χ0v) is 11.5. The molecular formula is C13H28N2O. The highest BCUT2D eigenvalue weighted by molar-refractivity contribution is 5.82. The minimum atomic E-state index is -0.0734. The predicted octanol–water partition coefficient (Wildman–Crippen LogP) is 2.32. The fourth-order valence-electron chi connectivity index (χ4n) is 1.89. The fraction of sp³-hybridized carbons (Fsp3) is 0.923. The van der Waals surface area contributed by atoms with E-state index in [-0.39, 0.29) is 11.9 Å². The van der Waals surface area contributed by atoms with Gasteiger partial charge in [-0.1, -0.05) is 40.5 Å². The molecule has 0 bridgehead atoms. The van der Waals surface area contributed by atoms with E-state index in [1.165, 1.54) is 12.8 Å². The topological polar surface area (TPSA) is 41.1 Å². The van der Waals surface area contributed by atoms with Crippen LogP contribution in [0.2, 0.25) is 0 Å². The number of carbonyl (C=O) groups excluding carboxylic acids is 1. The van der Waals surface area contributed by atoms with Crippen molar-refractivity contribution in [2.24, 2.45) is 5.92 Å². The monoisotopic (exact) mass is 228 g/mol. The van der Waals surface area contributed by atoms with Gasteiger partial charge in [-0.2, -0.15) is 0 Å². The first-order valence-corrected chi connectivity index (χ1v) is 6.54. The van der Waals surface area contributed by atoms with E-state index >= 15 is 0 Å². The number of likely N-dealkylation sites (N-methyl/N-ethyl adjacent to an activating group) is 1. The number of hydrogen-bond acceptors (Lipinski definition) is 2. The number of nitrogens with one attached hydrogen (secondary N) is 2. The minimum Gasteiger partial charge on any atom is -0.352 e. The summed E-state index contributed by atoms with van der Waals surface area (Å²) in [6.45, 7) is 8.44. The molecule has 3 nitrogen and oxygen atoms in total. The Kier molecular flexibility index (Phi) is 8.26. The normalized spacial score (nSPS) is 14.9. The highest BCUT2D eigenvalue weighted by Gasteiger charge is 2.21. The Morgan fingerprint density at radius 1 is 1.25 bits per heavy atom. The van der Waals surface area contributed by atoms with Crippen LogP contribution in [0, 0.1) is 5.92 Å². The molecule has 0 saturated heterocycles. The molecular weight excluding hydrogens is 200 g/mol. The number of rotatable bonds is 8. The average molecular weight is 228 g/mol. The molecule has 1 amide bonds. The standard InChI is InChI=1S/C13H28N2O/c1-6-8-9-11(7-2)15-13(16)12(14-5)10(3)4/h10-12,14H,6-9H2,1-5H3,(H,15,16). The second kappa shape index (κ2) is 8.57. The van der Waals surface area contributed by atoms with Crippen molar-refractivity contribution in [3.05, 3.63) is 0 Å². The van der Waals surface area contributed by atoms with Crippen molar-refractivity contribution in [1.82, 2.24) is 10.6 Å². The lowest BCUT2D eigenvalue weighted by atomic mass is 10.0. The van der Waals surface area contributed by atoms with E-state index in [1.54, 1.807) is 0 Å². The van der Waals surface area contributed by atoms with Gasteiger partial charge < -0.3 is 10.6 Å².